The minimum absolute atomic E-state index is 0.165. The van der Waals surface area contributed by atoms with Gasteiger partial charge in [0.05, 0.1) is 5.41 Å². The molecular weight excluding hydrogens is 320 g/mol. The number of nitrogens with zero attached hydrogens (tertiary/aromatic N) is 1. The van der Waals surface area contributed by atoms with Crippen molar-refractivity contribution in [1.29, 1.82) is 0 Å². The molecule has 6 nitrogen and oxygen atoms in total. The summed E-state index contributed by atoms with van der Waals surface area (Å²) in [6.07, 6.45) is 7.31. The number of carbonyl (C=O) groups is 3. The Morgan fingerprint density at radius 3 is 2.16 bits per heavy atom. The topological polar surface area (TPSA) is 89.7 Å². The number of ether oxygens (including phenoxy) is 1. The molecule has 2 N–H and O–H groups in total. The molecule has 4 aliphatic carbocycles. The summed E-state index contributed by atoms with van der Waals surface area (Å²) in [6.45, 7) is 2.09. The van der Waals surface area contributed by atoms with Gasteiger partial charge in [-0.05, 0) is 76.0 Å². The highest BCUT2D eigenvalue weighted by Gasteiger charge is 2.57. The first-order chi connectivity index (χ1) is 11.9. The van der Waals surface area contributed by atoms with E-state index < -0.39 is 24.0 Å². The van der Waals surface area contributed by atoms with Gasteiger partial charge in [0.1, 0.15) is 6.04 Å². The number of esters is 1. The maximum absolute atomic E-state index is 13.5. The average Bonchev–Trinajstić information content (AvgIpc) is 3.02. The van der Waals surface area contributed by atoms with Gasteiger partial charge in [-0.1, -0.05) is 0 Å². The predicted molar refractivity (Wildman–Crippen MR) is 90.1 cm³/mol. The summed E-state index contributed by atoms with van der Waals surface area (Å²) in [5.74, 6) is 1.10. The van der Waals surface area contributed by atoms with Crippen LogP contribution in [0.3, 0.4) is 0 Å². The minimum atomic E-state index is -0.954. The largest absolute Gasteiger partial charge is 0.451 e. The van der Waals surface area contributed by atoms with E-state index in [1.165, 1.54) is 26.2 Å². The number of carbonyl (C=O) groups excluding carboxylic acids is 3. The first-order valence-electron chi connectivity index (χ1n) is 9.69. The van der Waals surface area contributed by atoms with Gasteiger partial charge < -0.3 is 15.4 Å². The molecule has 1 heterocycles. The van der Waals surface area contributed by atoms with E-state index in [1.54, 1.807) is 4.90 Å². The molecule has 0 radical (unpaired) electrons. The maximum atomic E-state index is 13.5. The van der Waals surface area contributed by atoms with Gasteiger partial charge in [-0.15, -0.1) is 0 Å². The lowest BCUT2D eigenvalue weighted by atomic mass is 9.49. The second-order valence-corrected chi connectivity index (χ2v) is 8.84. The average molecular weight is 348 g/mol. The highest BCUT2D eigenvalue weighted by Crippen LogP contribution is 2.60. The first kappa shape index (κ1) is 16.9. The third-order valence-electron chi connectivity index (χ3n) is 6.97. The van der Waals surface area contributed by atoms with Crippen molar-refractivity contribution in [2.45, 2.75) is 70.4 Å². The monoisotopic (exact) mass is 348 g/mol. The Bertz CT molecular complexity index is 567. The van der Waals surface area contributed by atoms with E-state index in [-0.39, 0.29) is 11.3 Å². The van der Waals surface area contributed by atoms with Crippen molar-refractivity contribution < 1.29 is 19.1 Å². The highest BCUT2D eigenvalue weighted by molar-refractivity contribution is 5.90. The van der Waals surface area contributed by atoms with Crippen molar-refractivity contribution in [3.8, 4) is 0 Å². The van der Waals surface area contributed by atoms with Crippen LogP contribution in [0, 0.1) is 23.2 Å². The van der Waals surface area contributed by atoms with E-state index in [2.05, 4.69) is 0 Å². The normalized spacial score (nSPS) is 40.1. The molecule has 5 fully saturated rings. The van der Waals surface area contributed by atoms with Crippen LogP contribution in [0.2, 0.25) is 0 Å². The fourth-order valence-electron chi connectivity index (χ4n) is 6.24. The number of amides is 2. The number of hydrogen-bond acceptors (Lipinski definition) is 4. The van der Waals surface area contributed by atoms with E-state index in [4.69, 9.17) is 10.5 Å². The summed E-state index contributed by atoms with van der Waals surface area (Å²) in [4.78, 5) is 38.9. The zero-order valence-electron chi connectivity index (χ0n) is 14.9. The summed E-state index contributed by atoms with van der Waals surface area (Å²) in [6, 6.07) is -0.553. The SMILES string of the molecule is C[C@@H](OC(=O)[C@H]1CCCN1C(=O)C12CC3CC(CC(C3)C1)C2)C(N)=O. The summed E-state index contributed by atoms with van der Waals surface area (Å²) < 4.78 is 5.19. The standard InChI is InChI=1S/C19H28N2O4/c1-11(16(20)22)25-17(23)15-3-2-4-21(15)18(24)19-8-12-5-13(9-19)7-14(6-12)10-19/h11-15H,2-10H2,1H3,(H2,20,22)/t11-,12?,13?,14?,15-,19?/m1/s1. The second kappa shape index (κ2) is 5.99. The van der Waals surface area contributed by atoms with Crippen LogP contribution in [-0.2, 0) is 19.1 Å². The van der Waals surface area contributed by atoms with Crippen LogP contribution in [0.25, 0.3) is 0 Å². The van der Waals surface area contributed by atoms with Crippen molar-refractivity contribution >= 4 is 17.8 Å². The lowest BCUT2D eigenvalue weighted by Crippen LogP contribution is -2.56. The number of likely N-dealkylation sites (tertiary alicyclic amines) is 1. The molecule has 1 aliphatic heterocycles. The molecule has 2 atom stereocenters. The number of hydrogen-bond donors (Lipinski definition) is 1. The number of primary amides is 1. The van der Waals surface area contributed by atoms with Crippen LogP contribution in [0.15, 0.2) is 0 Å². The van der Waals surface area contributed by atoms with Gasteiger partial charge in [0.15, 0.2) is 6.10 Å². The molecule has 0 spiro atoms. The van der Waals surface area contributed by atoms with Gasteiger partial charge >= 0.3 is 5.97 Å². The van der Waals surface area contributed by atoms with Crippen molar-refractivity contribution in [2.24, 2.45) is 28.9 Å². The van der Waals surface area contributed by atoms with Crippen molar-refractivity contribution in [1.82, 2.24) is 4.90 Å². The molecule has 138 valence electrons. The van der Waals surface area contributed by atoms with Gasteiger partial charge in [0.2, 0.25) is 5.91 Å². The van der Waals surface area contributed by atoms with E-state index in [0.717, 1.165) is 25.7 Å². The smallest absolute Gasteiger partial charge is 0.329 e. The van der Waals surface area contributed by atoms with Gasteiger partial charge in [-0.25, -0.2) is 4.79 Å². The molecule has 4 saturated carbocycles. The third-order valence-corrected chi connectivity index (χ3v) is 6.97. The van der Waals surface area contributed by atoms with Gasteiger partial charge in [-0.3, -0.25) is 9.59 Å². The van der Waals surface area contributed by atoms with Crippen LogP contribution in [-0.4, -0.2) is 41.4 Å². The fourth-order valence-corrected chi connectivity index (χ4v) is 6.24. The van der Waals surface area contributed by atoms with Gasteiger partial charge in [-0.2, -0.15) is 0 Å². The van der Waals surface area contributed by atoms with E-state index >= 15 is 0 Å². The third kappa shape index (κ3) is 2.83. The van der Waals surface area contributed by atoms with Crippen LogP contribution in [0.5, 0.6) is 0 Å². The second-order valence-electron chi connectivity index (χ2n) is 8.84. The highest BCUT2D eigenvalue weighted by atomic mass is 16.5. The molecule has 0 aromatic rings. The zero-order chi connectivity index (χ0) is 17.8. The zero-order valence-corrected chi connectivity index (χ0v) is 14.9. The minimum Gasteiger partial charge on any atom is -0.451 e. The number of rotatable bonds is 4. The van der Waals surface area contributed by atoms with Gasteiger partial charge in [0.25, 0.3) is 5.91 Å². The van der Waals surface area contributed by atoms with E-state index in [1.807, 2.05) is 0 Å². The van der Waals surface area contributed by atoms with Crippen molar-refractivity contribution in [3.05, 3.63) is 0 Å². The molecule has 5 aliphatic rings. The molecule has 4 bridgehead atoms. The summed E-state index contributed by atoms with van der Waals surface area (Å²) in [7, 11) is 0. The molecule has 0 unspecified atom stereocenters. The van der Waals surface area contributed by atoms with E-state index in [9.17, 15) is 14.4 Å². The lowest BCUT2D eigenvalue weighted by molar-refractivity contribution is -0.168. The quantitative estimate of drug-likeness (QED) is 0.782. The van der Waals surface area contributed by atoms with Crippen LogP contribution < -0.4 is 5.73 Å². The van der Waals surface area contributed by atoms with E-state index in [0.29, 0.717) is 30.7 Å². The Hall–Kier alpha value is -1.59. The fraction of sp³-hybridized carbons (Fsp3) is 0.842. The Labute approximate surface area is 148 Å². The summed E-state index contributed by atoms with van der Waals surface area (Å²) in [5, 5.41) is 0. The van der Waals surface area contributed by atoms with Crippen LogP contribution in [0.4, 0.5) is 0 Å². The Morgan fingerprint density at radius 1 is 1.08 bits per heavy atom. The van der Waals surface area contributed by atoms with Crippen molar-refractivity contribution in [3.63, 3.8) is 0 Å². The molecule has 2 amide bonds. The molecule has 0 aromatic carbocycles. The maximum Gasteiger partial charge on any atom is 0.329 e. The van der Waals surface area contributed by atoms with Crippen LogP contribution >= 0.6 is 0 Å². The molecule has 25 heavy (non-hydrogen) atoms. The Kier molecular flexibility index (Phi) is 4.04. The molecule has 1 saturated heterocycles. The molecule has 5 rings (SSSR count). The van der Waals surface area contributed by atoms with Crippen LogP contribution in [0.1, 0.15) is 58.3 Å². The van der Waals surface area contributed by atoms with Crippen molar-refractivity contribution in [2.75, 3.05) is 6.54 Å². The molecular formula is C19H28N2O4. The van der Waals surface area contributed by atoms with Gasteiger partial charge in [0, 0.05) is 6.54 Å². The lowest BCUT2D eigenvalue weighted by Gasteiger charge is -2.56. The predicted octanol–water partition coefficient (Wildman–Crippen LogP) is 1.61. The molecule has 0 aromatic heterocycles. The molecule has 6 heteroatoms. The Balaban J connectivity index is 1.49. The Morgan fingerprint density at radius 2 is 1.64 bits per heavy atom. The summed E-state index contributed by atoms with van der Waals surface area (Å²) in [5.41, 5.74) is 4.94. The first-order valence-corrected chi connectivity index (χ1v) is 9.69. The summed E-state index contributed by atoms with van der Waals surface area (Å²) >= 11 is 0. The number of nitrogens with two attached hydrogens (primary N) is 1.